The lowest BCUT2D eigenvalue weighted by molar-refractivity contribution is -0.141. The number of anilines is 2. The average molecular weight is 288 g/mol. The van der Waals surface area contributed by atoms with Gasteiger partial charge in [-0.1, -0.05) is 6.92 Å². The van der Waals surface area contributed by atoms with Crippen molar-refractivity contribution in [3.63, 3.8) is 0 Å². The normalized spacial score (nSPS) is 15.8. The van der Waals surface area contributed by atoms with Crippen LogP contribution in [0.4, 0.5) is 24.9 Å². The summed E-state index contributed by atoms with van der Waals surface area (Å²) in [6, 6.07) is 1.31. The lowest BCUT2D eigenvalue weighted by Crippen LogP contribution is -2.38. The van der Waals surface area contributed by atoms with Gasteiger partial charge >= 0.3 is 6.18 Å². The van der Waals surface area contributed by atoms with E-state index in [1.807, 2.05) is 11.8 Å². The van der Waals surface area contributed by atoms with E-state index in [0.29, 0.717) is 12.4 Å². The van der Waals surface area contributed by atoms with Crippen LogP contribution in [-0.4, -0.2) is 29.6 Å². The quantitative estimate of drug-likeness (QED) is 0.902. The molecule has 0 bridgehead atoms. The van der Waals surface area contributed by atoms with E-state index in [-0.39, 0.29) is 12.0 Å². The molecule has 112 valence electrons. The number of alkyl halides is 3. The van der Waals surface area contributed by atoms with Gasteiger partial charge in [-0.2, -0.15) is 18.2 Å². The first kappa shape index (κ1) is 14.9. The van der Waals surface area contributed by atoms with Crippen LogP contribution in [0.15, 0.2) is 6.07 Å². The number of rotatable bonds is 5. The molecule has 20 heavy (non-hydrogen) atoms. The van der Waals surface area contributed by atoms with Gasteiger partial charge in [-0.05, 0) is 25.7 Å². The highest BCUT2D eigenvalue weighted by atomic mass is 19.4. The van der Waals surface area contributed by atoms with Gasteiger partial charge in [0.1, 0.15) is 5.82 Å². The number of aromatic nitrogens is 2. The van der Waals surface area contributed by atoms with Crippen molar-refractivity contribution in [1.82, 2.24) is 9.97 Å². The molecular weight excluding hydrogens is 269 g/mol. The van der Waals surface area contributed by atoms with Gasteiger partial charge < -0.3 is 10.2 Å². The maximum atomic E-state index is 12.9. The van der Waals surface area contributed by atoms with Crippen molar-refractivity contribution in [3.8, 4) is 0 Å². The van der Waals surface area contributed by atoms with Crippen LogP contribution in [0.1, 0.15) is 38.3 Å². The molecule has 0 aromatic carbocycles. The first-order valence-corrected chi connectivity index (χ1v) is 6.84. The van der Waals surface area contributed by atoms with Gasteiger partial charge in [-0.15, -0.1) is 0 Å². The molecule has 1 fully saturated rings. The molecule has 7 heteroatoms. The number of hydrogen-bond acceptors (Lipinski definition) is 4. The third-order valence-corrected chi connectivity index (χ3v) is 3.52. The highest BCUT2D eigenvalue weighted by molar-refractivity contribution is 5.46. The van der Waals surface area contributed by atoms with Crippen molar-refractivity contribution in [1.29, 1.82) is 0 Å². The Hall–Kier alpha value is -1.53. The maximum absolute atomic E-state index is 12.9. The van der Waals surface area contributed by atoms with E-state index in [0.717, 1.165) is 31.7 Å². The van der Waals surface area contributed by atoms with Gasteiger partial charge in [0.15, 0.2) is 5.69 Å². The van der Waals surface area contributed by atoms with E-state index in [1.54, 1.807) is 7.05 Å². The Labute approximate surface area is 116 Å². The van der Waals surface area contributed by atoms with Crippen LogP contribution < -0.4 is 10.2 Å². The molecule has 1 aromatic heterocycles. The van der Waals surface area contributed by atoms with Gasteiger partial charge in [0.25, 0.3) is 0 Å². The number of nitrogens with zero attached hydrogens (tertiary/aromatic N) is 3. The number of hydrogen-bond donors (Lipinski definition) is 1. The molecule has 0 saturated heterocycles. The monoisotopic (exact) mass is 288 g/mol. The standard InChI is InChI=1S/C13H19F3N4/c1-3-7-17-12-18-10(13(14,15)16)8-11(19-12)20(2)9-5-4-6-9/h8-9H,3-7H2,1-2H3,(H,17,18,19). The first-order valence-electron chi connectivity index (χ1n) is 6.84. The van der Waals surface area contributed by atoms with E-state index in [2.05, 4.69) is 15.3 Å². The Kier molecular flexibility index (Phi) is 4.35. The van der Waals surface area contributed by atoms with Crippen LogP contribution in [0.3, 0.4) is 0 Å². The second-order valence-corrected chi connectivity index (χ2v) is 5.06. The maximum Gasteiger partial charge on any atom is 0.433 e. The van der Waals surface area contributed by atoms with Gasteiger partial charge in [-0.3, -0.25) is 0 Å². The lowest BCUT2D eigenvalue weighted by atomic mass is 9.92. The second kappa shape index (κ2) is 5.85. The molecule has 0 amide bonds. The fourth-order valence-electron chi connectivity index (χ4n) is 2.04. The van der Waals surface area contributed by atoms with Crippen LogP contribution in [0.2, 0.25) is 0 Å². The Morgan fingerprint density at radius 1 is 1.35 bits per heavy atom. The molecule has 2 rings (SSSR count). The molecule has 1 aliphatic carbocycles. The minimum absolute atomic E-state index is 0.0443. The van der Waals surface area contributed by atoms with E-state index in [1.165, 1.54) is 0 Å². The summed E-state index contributed by atoms with van der Waals surface area (Å²) in [5.41, 5.74) is -0.896. The summed E-state index contributed by atoms with van der Waals surface area (Å²) in [6.07, 6.45) is -0.541. The van der Waals surface area contributed by atoms with Crippen LogP contribution in [0.5, 0.6) is 0 Å². The summed E-state index contributed by atoms with van der Waals surface area (Å²) in [7, 11) is 1.79. The Bertz CT molecular complexity index is 457. The van der Waals surface area contributed by atoms with E-state index in [4.69, 9.17) is 0 Å². The number of nitrogens with one attached hydrogen (secondary N) is 1. The van der Waals surface area contributed by atoms with Crippen molar-refractivity contribution < 1.29 is 13.2 Å². The summed E-state index contributed by atoms with van der Waals surface area (Å²) in [6.45, 7) is 2.48. The molecule has 0 spiro atoms. The summed E-state index contributed by atoms with van der Waals surface area (Å²) in [4.78, 5) is 9.56. The summed E-state index contributed by atoms with van der Waals surface area (Å²) >= 11 is 0. The number of halogens is 3. The topological polar surface area (TPSA) is 41.1 Å². The third-order valence-electron chi connectivity index (χ3n) is 3.52. The molecule has 0 unspecified atom stereocenters. The van der Waals surface area contributed by atoms with Crippen LogP contribution in [0.25, 0.3) is 0 Å². The molecular formula is C13H19F3N4. The van der Waals surface area contributed by atoms with Gasteiger partial charge in [0.05, 0.1) is 0 Å². The zero-order chi connectivity index (χ0) is 14.8. The molecule has 1 aromatic rings. The highest BCUT2D eigenvalue weighted by Gasteiger charge is 2.34. The molecule has 0 aliphatic heterocycles. The summed E-state index contributed by atoms with van der Waals surface area (Å²) in [5.74, 6) is 0.374. The third kappa shape index (κ3) is 3.32. The Morgan fingerprint density at radius 2 is 2.05 bits per heavy atom. The molecule has 1 heterocycles. The van der Waals surface area contributed by atoms with Crippen molar-refractivity contribution in [3.05, 3.63) is 11.8 Å². The zero-order valence-electron chi connectivity index (χ0n) is 11.7. The Morgan fingerprint density at radius 3 is 2.55 bits per heavy atom. The molecule has 1 saturated carbocycles. The second-order valence-electron chi connectivity index (χ2n) is 5.06. The minimum atomic E-state index is -4.46. The molecule has 0 atom stereocenters. The molecule has 0 radical (unpaired) electrons. The van der Waals surface area contributed by atoms with Gasteiger partial charge in [-0.25, -0.2) is 4.98 Å². The molecule has 4 nitrogen and oxygen atoms in total. The van der Waals surface area contributed by atoms with E-state index >= 15 is 0 Å². The van der Waals surface area contributed by atoms with Crippen LogP contribution in [-0.2, 0) is 6.18 Å². The molecule has 1 aliphatic rings. The first-order chi connectivity index (χ1) is 9.41. The predicted molar refractivity (Wildman–Crippen MR) is 71.9 cm³/mol. The highest BCUT2D eigenvalue weighted by Crippen LogP contribution is 2.33. The minimum Gasteiger partial charge on any atom is -0.357 e. The van der Waals surface area contributed by atoms with Crippen molar-refractivity contribution in [2.45, 2.75) is 44.8 Å². The average Bonchev–Trinajstić information content (AvgIpc) is 2.32. The zero-order valence-corrected chi connectivity index (χ0v) is 11.7. The van der Waals surface area contributed by atoms with Crippen LogP contribution >= 0.6 is 0 Å². The van der Waals surface area contributed by atoms with Crippen molar-refractivity contribution >= 4 is 11.8 Å². The largest absolute Gasteiger partial charge is 0.433 e. The predicted octanol–water partition coefficient (Wildman–Crippen LogP) is 3.31. The fourth-order valence-corrected chi connectivity index (χ4v) is 2.04. The van der Waals surface area contributed by atoms with Crippen LogP contribution in [0, 0.1) is 0 Å². The van der Waals surface area contributed by atoms with Gasteiger partial charge in [0.2, 0.25) is 5.95 Å². The fraction of sp³-hybridized carbons (Fsp3) is 0.692. The van der Waals surface area contributed by atoms with E-state index < -0.39 is 11.9 Å². The smallest absolute Gasteiger partial charge is 0.357 e. The SMILES string of the molecule is CCCNc1nc(N(C)C2CCC2)cc(C(F)(F)F)n1. The van der Waals surface area contributed by atoms with Crippen molar-refractivity contribution in [2.24, 2.45) is 0 Å². The summed E-state index contributed by atoms with van der Waals surface area (Å²) < 4.78 is 38.7. The van der Waals surface area contributed by atoms with Crippen molar-refractivity contribution in [2.75, 3.05) is 23.8 Å². The Balaban J connectivity index is 2.29. The summed E-state index contributed by atoms with van der Waals surface area (Å²) in [5, 5.41) is 2.83. The molecule has 1 N–H and O–H groups in total. The van der Waals surface area contributed by atoms with Gasteiger partial charge in [0, 0.05) is 25.7 Å². The van der Waals surface area contributed by atoms with E-state index in [9.17, 15) is 13.2 Å². The lowest BCUT2D eigenvalue weighted by Gasteiger charge is -2.35.